The van der Waals surface area contributed by atoms with E-state index in [1.807, 2.05) is 0 Å². The molecule has 0 radical (unpaired) electrons. The van der Waals surface area contributed by atoms with Crippen LogP contribution in [0, 0.1) is 0 Å². The van der Waals surface area contributed by atoms with Crippen molar-refractivity contribution in [3.63, 3.8) is 0 Å². The quantitative estimate of drug-likeness (QED) is 0.398. The highest BCUT2D eigenvalue weighted by Gasteiger charge is 2.19. The largest absolute Gasteiger partial charge is 0.368 e. The molecule has 2 unspecified atom stereocenters. The Bertz CT molecular complexity index is 172. The SMILES string of the molecule is CCCCCC(O)OP(C)(=O)OC. The van der Waals surface area contributed by atoms with Crippen LogP contribution in [0.2, 0.25) is 0 Å². The van der Waals surface area contributed by atoms with Gasteiger partial charge in [-0.15, -0.1) is 0 Å². The molecule has 0 heterocycles. The Balaban J connectivity index is 3.61. The number of unbranched alkanes of at least 4 members (excludes halogenated alkanes) is 2. The molecule has 5 heteroatoms. The molecule has 0 spiro atoms. The van der Waals surface area contributed by atoms with E-state index in [1.54, 1.807) is 0 Å². The molecule has 0 bridgehead atoms. The van der Waals surface area contributed by atoms with E-state index < -0.39 is 13.9 Å². The van der Waals surface area contributed by atoms with E-state index in [1.165, 1.54) is 13.8 Å². The average Bonchev–Trinajstić information content (AvgIpc) is 2.04. The Hall–Kier alpha value is 0.110. The molecule has 0 aliphatic heterocycles. The third-order valence-electron chi connectivity index (χ3n) is 1.70. The van der Waals surface area contributed by atoms with Crippen LogP contribution in [0.5, 0.6) is 0 Å². The van der Waals surface area contributed by atoms with Crippen molar-refractivity contribution in [1.29, 1.82) is 0 Å². The fourth-order valence-corrected chi connectivity index (χ4v) is 1.52. The van der Waals surface area contributed by atoms with Gasteiger partial charge in [0, 0.05) is 13.8 Å². The first kappa shape index (κ1) is 13.1. The van der Waals surface area contributed by atoms with E-state index in [4.69, 9.17) is 4.52 Å². The van der Waals surface area contributed by atoms with Gasteiger partial charge in [-0.2, -0.15) is 0 Å². The first-order valence-electron chi connectivity index (χ1n) is 4.51. The third kappa shape index (κ3) is 7.20. The van der Waals surface area contributed by atoms with Crippen LogP contribution in [0.1, 0.15) is 32.6 Å². The highest BCUT2D eigenvalue weighted by atomic mass is 31.2. The maximum atomic E-state index is 11.2. The molecule has 0 aliphatic carbocycles. The lowest BCUT2D eigenvalue weighted by atomic mass is 10.2. The predicted octanol–water partition coefficient (Wildman–Crippen LogP) is 2.37. The molecule has 0 aromatic carbocycles. The Labute approximate surface area is 79.8 Å². The molecule has 0 aliphatic rings. The molecule has 0 aromatic rings. The van der Waals surface area contributed by atoms with Gasteiger partial charge in [-0.25, -0.2) is 0 Å². The molecule has 0 rings (SSSR count). The highest BCUT2D eigenvalue weighted by molar-refractivity contribution is 7.52. The summed E-state index contributed by atoms with van der Waals surface area (Å²) >= 11 is 0. The topological polar surface area (TPSA) is 55.8 Å². The molecule has 2 atom stereocenters. The summed E-state index contributed by atoms with van der Waals surface area (Å²) in [7, 11) is -1.72. The number of aliphatic hydroxyl groups is 1. The zero-order chi connectivity index (χ0) is 10.3. The molecular formula is C8H19O4P. The molecule has 4 nitrogen and oxygen atoms in total. The molecule has 0 saturated heterocycles. The molecule has 0 fully saturated rings. The third-order valence-corrected chi connectivity index (χ3v) is 2.99. The van der Waals surface area contributed by atoms with Gasteiger partial charge in [0.2, 0.25) is 0 Å². The summed E-state index contributed by atoms with van der Waals surface area (Å²) in [5, 5.41) is 9.27. The van der Waals surface area contributed by atoms with Crippen molar-refractivity contribution in [2.75, 3.05) is 13.8 Å². The van der Waals surface area contributed by atoms with Gasteiger partial charge in [0.25, 0.3) is 0 Å². The lowest BCUT2D eigenvalue weighted by Crippen LogP contribution is -2.10. The van der Waals surface area contributed by atoms with Crippen molar-refractivity contribution in [3.05, 3.63) is 0 Å². The van der Waals surface area contributed by atoms with Gasteiger partial charge in [0.1, 0.15) is 0 Å². The van der Waals surface area contributed by atoms with E-state index in [2.05, 4.69) is 11.4 Å². The summed E-state index contributed by atoms with van der Waals surface area (Å²) in [6.45, 7) is 3.42. The lowest BCUT2D eigenvalue weighted by molar-refractivity contribution is -0.0321. The second-order valence-corrected chi connectivity index (χ2v) is 5.13. The van der Waals surface area contributed by atoms with Crippen LogP contribution >= 0.6 is 7.60 Å². The second kappa shape index (κ2) is 6.55. The van der Waals surface area contributed by atoms with E-state index >= 15 is 0 Å². The Morgan fingerprint density at radius 2 is 2.08 bits per heavy atom. The molecule has 0 amide bonds. The summed E-state index contributed by atoms with van der Waals surface area (Å²) in [4.78, 5) is 0. The van der Waals surface area contributed by atoms with Gasteiger partial charge in [-0.1, -0.05) is 19.8 Å². The fraction of sp³-hybridized carbons (Fsp3) is 1.00. The van der Waals surface area contributed by atoms with E-state index in [-0.39, 0.29) is 0 Å². The van der Waals surface area contributed by atoms with Crippen molar-refractivity contribution in [2.45, 2.75) is 38.9 Å². The first-order chi connectivity index (χ1) is 6.02. The van der Waals surface area contributed by atoms with Crippen molar-refractivity contribution in [3.8, 4) is 0 Å². The summed E-state index contributed by atoms with van der Waals surface area (Å²) in [5.41, 5.74) is 0. The van der Waals surface area contributed by atoms with Gasteiger partial charge in [0.05, 0.1) is 0 Å². The van der Waals surface area contributed by atoms with E-state index in [9.17, 15) is 9.67 Å². The number of rotatable bonds is 7. The second-order valence-electron chi connectivity index (χ2n) is 3.01. The molecular weight excluding hydrogens is 191 g/mol. The smallest absolute Gasteiger partial charge is 0.329 e. The first-order valence-corrected chi connectivity index (χ1v) is 6.50. The van der Waals surface area contributed by atoms with Gasteiger partial charge in [0.15, 0.2) is 6.29 Å². The van der Waals surface area contributed by atoms with Gasteiger partial charge in [-0.3, -0.25) is 9.09 Å². The Kier molecular flexibility index (Phi) is 6.60. The van der Waals surface area contributed by atoms with Crippen LogP contribution in [-0.4, -0.2) is 25.2 Å². The number of aliphatic hydroxyl groups excluding tert-OH is 1. The van der Waals surface area contributed by atoms with Crippen LogP contribution in [0.15, 0.2) is 0 Å². The van der Waals surface area contributed by atoms with Crippen molar-refractivity contribution >= 4 is 7.60 Å². The minimum atomic E-state index is -3.03. The van der Waals surface area contributed by atoms with Gasteiger partial charge < -0.3 is 9.63 Å². The lowest BCUT2D eigenvalue weighted by Gasteiger charge is -2.16. The number of hydrogen-bond donors (Lipinski definition) is 1. The van der Waals surface area contributed by atoms with E-state index in [0.29, 0.717) is 6.42 Å². The zero-order valence-corrected chi connectivity index (χ0v) is 9.42. The summed E-state index contributed by atoms with van der Waals surface area (Å²) in [6, 6.07) is 0. The van der Waals surface area contributed by atoms with E-state index in [0.717, 1.165) is 19.3 Å². The maximum Gasteiger partial charge on any atom is 0.329 e. The Morgan fingerprint density at radius 1 is 1.46 bits per heavy atom. The average molecular weight is 210 g/mol. The molecule has 13 heavy (non-hydrogen) atoms. The van der Waals surface area contributed by atoms with Crippen molar-refractivity contribution in [2.24, 2.45) is 0 Å². The van der Waals surface area contributed by atoms with Crippen LogP contribution in [0.3, 0.4) is 0 Å². The van der Waals surface area contributed by atoms with Crippen LogP contribution in [-0.2, 0) is 13.6 Å². The normalized spacial score (nSPS) is 18.2. The monoisotopic (exact) mass is 210 g/mol. The van der Waals surface area contributed by atoms with Crippen LogP contribution in [0.4, 0.5) is 0 Å². The highest BCUT2D eigenvalue weighted by Crippen LogP contribution is 2.44. The fourth-order valence-electron chi connectivity index (χ4n) is 0.886. The Morgan fingerprint density at radius 3 is 2.54 bits per heavy atom. The summed E-state index contributed by atoms with van der Waals surface area (Å²) < 4.78 is 20.6. The van der Waals surface area contributed by atoms with Crippen LogP contribution < -0.4 is 0 Å². The summed E-state index contributed by atoms with van der Waals surface area (Å²) in [6.07, 6.45) is 2.54. The zero-order valence-electron chi connectivity index (χ0n) is 8.52. The standard InChI is InChI=1S/C8H19O4P/c1-4-5-6-7-8(9)12-13(3,10)11-2/h8-9H,4-7H2,1-3H3. The maximum absolute atomic E-state index is 11.2. The molecule has 0 aromatic heterocycles. The predicted molar refractivity (Wildman–Crippen MR) is 51.8 cm³/mol. The summed E-state index contributed by atoms with van der Waals surface area (Å²) in [5.74, 6) is 0. The minimum absolute atomic E-state index is 0.509. The minimum Gasteiger partial charge on any atom is -0.368 e. The van der Waals surface area contributed by atoms with Gasteiger partial charge in [-0.05, 0) is 12.8 Å². The van der Waals surface area contributed by atoms with Crippen molar-refractivity contribution in [1.82, 2.24) is 0 Å². The molecule has 1 N–H and O–H groups in total. The van der Waals surface area contributed by atoms with Gasteiger partial charge >= 0.3 is 7.60 Å². The number of hydrogen-bond acceptors (Lipinski definition) is 4. The van der Waals surface area contributed by atoms with Crippen LogP contribution in [0.25, 0.3) is 0 Å². The van der Waals surface area contributed by atoms with Crippen molar-refractivity contribution < 1.29 is 18.7 Å². The molecule has 0 saturated carbocycles. The molecule has 80 valence electrons.